The Labute approximate surface area is 149 Å². The molecule has 1 amide bonds. The van der Waals surface area contributed by atoms with Crippen LogP contribution in [0.25, 0.3) is 0 Å². The van der Waals surface area contributed by atoms with Crippen molar-refractivity contribution in [3.05, 3.63) is 18.3 Å². The molecule has 138 valence electrons. The molecule has 0 aliphatic carbocycles. The van der Waals surface area contributed by atoms with E-state index in [2.05, 4.69) is 34.3 Å². The Bertz CT molecular complexity index is 546. The van der Waals surface area contributed by atoms with Crippen LogP contribution in [0.5, 0.6) is 0 Å². The molecule has 1 aromatic heterocycles. The molecule has 1 aromatic rings. The third-order valence-electron chi connectivity index (χ3n) is 4.89. The lowest BCUT2D eigenvalue weighted by Gasteiger charge is -2.38. The van der Waals surface area contributed by atoms with Crippen LogP contribution in [0.2, 0.25) is 0 Å². The quantitative estimate of drug-likeness (QED) is 0.860. The van der Waals surface area contributed by atoms with E-state index in [1.165, 1.54) is 6.42 Å². The van der Waals surface area contributed by atoms with Gasteiger partial charge < -0.3 is 15.0 Å². The van der Waals surface area contributed by atoms with Crippen molar-refractivity contribution < 1.29 is 9.53 Å². The zero-order valence-corrected chi connectivity index (χ0v) is 15.2. The smallest absolute Gasteiger partial charge is 0.236 e. The Morgan fingerprint density at radius 3 is 2.84 bits per heavy atom. The van der Waals surface area contributed by atoms with Crippen LogP contribution in [-0.4, -0.2) is 77.9 Å². The number of hydrogen-bond acceptors (Lipinski definition) is 6. The minimum Gasteiger partial charge on any atom is -0.374 e. The van der Waals surface area contributed by atoms with Gasteiger partial charge >= 0.3 is 0 Å². The van der Waals surface area contributed by atoms with E-state index in [-0.39, 0.29) is 12.0 Å². The van der Waals surface area contributed by atoms with Gasteiger partial charge in [-0.2, -0.15) is 5.10 Å². The third-order valence-corrected chi connectivity index (χ3v) is 4.89. The average molecular weight is 347 g/mol. The number of nitrogens with zero attached hydrogens (tertiary/aromatic N) is 4. The van der Waals surface area contributed by atoms with E-state index in [0.717, 1.165) is 32.0 Å². The Balaban J connectivity index is 1.45. The fourth-order valence-corrected chi connectivity index (χ4v) is 3.82. The molecule has 2 aliphatic heterocycles. The average Bonchev–Trinajstić information content (AvgIpc) is 2.60. The summed E-state index contributed by atoms with van der Waals surface area (Å²) in [5, 5.41) is 11.1. The maximum atomic E-state index is 12.7. The summed E-state index contributed by atoms with van der Waals surface area (Å²) in [5.74, 6) is 2.19. The molecule has 25 heavy (non-hydrogen) atoms. The van der Waals surface area contributed by atoms with Crippen LogP contribution in [0.1, 0.15) is 20.3 Å². The number of likely N-dealkylation sites (tertiary alicyclic amines) is 1. The van der Waals surface area contributed by atoms with E-state index in [9.17, 15) is 4.79 Å². The predicted molar refractivity (Wildman–Crippen MR) is 96.2 cm³/mol. The second-order valence-electron chi connectivity index (χ2n) is 7.46. The molecule has 3 heterocycles. The van der Waals surface area contributed by atoms with E-state index in [1.807, 2.05) is 17.0 Å². The molecular weight excluding hydrogens is 318 g/mol. The number of nitrogens with one attached hydrogen (secondary N) is 1. The van der Waals surface area contributed by atoms with Crippen molar-refractivity contribution in [2.75, 3.05) is 51.2 Å². The number of morpholine rings is 1. The molecule has 0 unspecified atom stereocenters. The largest absolute Gasteiger partial charge is 0.374 e. The summed E-state index contributed by atoms with van der Waals surface area (Å²) < 4.78 is 5.81. The summed E-state index contributed by atoms with van der Waals surface area (Å²) >= 11 is 0. The topological polar surface area (TPSA) is 70.6 Å². The highest BCUT2D eigenvalue weighted by molar-refractivity contribution is 5.78. The lowest BCUT2D eigenvalue weighted by atomic mass is 9.92. The third kappa shape index (κ3) is 5.37. The second kappa shape index (κ2) is 8.58. The molecule has 3 atom stereocenters. The van der Waals surface area contributed by atoms with Crippen molar-refractivity contribution in [3.63, 3.8) is 0 Å². The minimum atomic E-state index is 0.0581. The summed E-state index contributed by atoms with van der Waals surface area (Å²) in [7, 11) is 0. The fourth-order valence-electron chi connectivity index (χ4n) is 3.82. The monoisotopic (exact) mass is 347 g/mol. The van der Waals surface area contributed by atoms with Gasteiger partial charge in [-0.1, -0.05) is 13.8 Å². The maximum Gasteiger partial charge on any atom is 0.236 e. The van der Waals surface area contributed by atoms with E-state index in [0.29, 0.717) is 31.5 Å². The molecule has 2 fully saturated rings. The molecule has 0 radical (unpaired) electrons. The fraction of sp³-hybridized carbons (Fsp3) is 0.722. The number of anilines is 1. The van der Waals surface area contributed by atoms with Gasteiger partial charge in [0.25, 0.3) is 0 Å². The number of amides is 1. The number of piperidine rings is 1. The van der Waals surface area contributed by atoms with Crippen LogP contribution in [0.3, 0.4) is 0 Å². The minimum absolute atomic E-state index is 0.0581. The number of rotatable bonds is 5. The van der Waals surface area contributed by atoms with E-state index >= 15 is 0 Å². The van der Waals surface area contributed by atoms with E-state index in [4.69, 9.17) is 4.74 Å². The Kier molecular flexibility index (Phi) is 6.20. The van der Waals surface area contributed by atoms with Crippen molar-refractivity contribution in [2.45, 2.75) is 26.4 Å². The molecule has 1 N–H and O–H groups in total. The summed E-state index contributed by atoms with van der Waals surface area (Å²) in [6.45, 7) is 9.65. The van der Waals surface area contributed by atoms with Crippen LogP contribution in [-0.2, 0) is 9.53 Å². The molecule has 0 spiro atoms. The lowest BCUT2D eigenvalue weighted by Crippen LogP contribution is -2.51. The highest BCUT2D eigenvalue weighted by Gasteiger charge is 2.28. The van der Waals surface area contributed by atoms with Crippen molar-refractivity contribution in [1.29, 1.82) is 0 Å². The van der Waals surface area contributed by atoms with Crippen molar-refractivity contribution in [3.8, 4) is 0 Å². The van der Waals surface area contributed by atoms with Gasteiger partial charge in [-0.05, 0) is 30.4 Å². The SMILES string of the molecule is C[C@@H]1C[C@@H](C)CN(C(=O)CN2CCO[C@H](CNc3cccnn3)C2)C1. The van der Waals surface area contributed by atoms with Gasteiger partial charge in [-0.3, -0.25) is 9.69 Å². The molecule has 0 bridgehead atoms. The summed E-state index contributed by atoms with van der Waals surface area (Å²) in [6, 6.07) is 3.73. The number of ether oxygens (including phenoxy) is 1. The Morgan fingerprint density at radius 2 is 2.12 bits per heavy atom. The van der Waals surface area contributed by atoms with E-state index in [1.54, 1.807) is 6.20 Å². The molecule has 7 heteroatoms. The second-order valence-corrected chi connectivity index (χ2v) is 7.46. The van der Waals surface area contributed by atoms with Crippen LogP contribution in [0.15, 0.2) is 18.3 Å². The first-order valence-electron chi connectivity index (χ1n) is 9.23. The van der Waals surface area contributed by atoms with Gasteiger partial charge in [0, 0.05) is 38.9 Å². The Morgan fingerprint density at radius 1 is 1.32 bits per heavy atom. The van der Waals surface area contributed by atoms with Gasteiger partial charge in [-0.15, -0.1) is 5.10 Å². The van der Waals surface area contributed by atoms with Crippen LogP contribution >= 0.6 is 0 Å². The molecule has 7 nitrogen and oxygen atoms in total. The van der Waals surface area contributed by atoms with Gasteiger partial charge in [0.1, 0.15) is 5.82 Å². The van der Waals surface area contributed by atoms with Crippen molar-refractivity contribution in [1.82, 2.24) is 20.0 Å². The molecule has 2 aliphatic rings. The van der Waals surface area contributed by atoms with Crippen LogP contribution in [0, 0.1) is 11.8 Å². The molecule has 0 saturated carbocycles. The number of carbonyl (C=O) groups is 1. The summed E-state index contributed by atoms with van der Waals surface area (Å²) in [4.78, 5) is 16.9. The first-order chi connectivity index (χ1) is 12.1. The van der Waals surface area contributed by atoms with E-state index < -0.39 is 0 Å². The molecular formula is C18H29N5O2. The highest BCUT2D eigenvalue weighted by Crippen LogP contribution is 2.21. The Hall–Kier alpha value is -1.73. The van der Waals surface area contributed by atoms with Crippen LogP contribution < -0.4 is 5.32 Å². The van der Waals surface area contributed by atoms with Gasteiger partial charge in [0.15, 0.2) is 0 Å². The maximum absolute atomic E-state index is 12.7. The zero-order chi connectivity index (χ0) is 17.6. The molecule has 2 saturated heterocycles. The van der Waals surface area contributed by atoms with Crippen molar-refractivity contribution in [2.24, 2.45) is 11.8 Å². The molecule has 0 aromatic carbocycles. The number of carbonyl (C=O) groups excluding carboxylic acids is 1. The van der Waals surface area contributed by atoms with Crippen molar-refractivity contribution >= 4 is 11.7 Å². The molecule has 3 rings (SSSR count). The highest BCUT2D eigenvalue weighted by atomic mass is 16.5. The van der Waals surface area contributed by atoms with Gasteiger partial charge in [-0.25, -0.2) is 0 Å². The summed E-state index contributed by atoms with van der Waals surface area (Å²) in [6.07, 6.45) is 2.93. The normalized spacial score (nSPS) is 27.9. The van der Waals surface area contributed by atoms with Crippen LogP contribution in [0.4, 0.5) is 5.82 Å². The van der Waals surface area contributed by atoms with Gasteiger partial charge in [0.05, 0.1) is 19.3 Å². The lowest BCUT2D eigenvalue weighted by molar-refractivity contribution is -0.136. The number of aromatic nitrogens is 2. The predicted octanol–water partition coefficient (Wildman–Crippen LogP) is 1.09. The first-order valence-corrected chi connectivity index (χ1v) is 9.23. The van der Waals surface area contributed by atoms with Gasteiger partial charge in [0.2, 0.25) is 5.91 Å². The summed E-state index contributed by atoms with van der Waals surface area (Å²) in [5.41, 5.74) is 0. The number of hydrogen-bond donors (Lipinski definition) is 1. The first kappa shape index (κ1) is 18.1. The standard InChI is InChI=1S/C18H29N5O2/c1-14-8-15(2)11-23(10-14)18(24)13-22-6-7-25-16(12-22)9-19-17-4-3-5-20-21-17/h3-5,14-16H,6-13H2,1-2H3,(H,19,21)/t14-,15-,16-/m1/s1. The zero-order valence-electron chi connectivity index (χ0n) is 15.2.